The molecule has 0 fully saturated rings. The fourth-order valence-corrected chi connectivity index (χ4v) is 2.18. The zero-order valence-electron chi connectivity index (χ0n) is 11.1. The van der Waals surface area contributed by atoms with E-state index in [0.717, 1.165) is 10.0 Å². The fraction of sp³-hybridized carbons (Fsp3) is 0.200. The van der Waals surface area contributed by atoms with Crippen LogP contribution in [0.4, 0.5) is 0 Å². The summed E-state index contributed by atoms with van der Waals surface area (Å²) in [5, 5.41) is 9.14. The molecule has 0 aliphatic rings. The molecule has 1 aromatic carbocycles. The number of carboxylic acid groups (broad SMARTS) is 1. The highest BCUT2D eigenvalue weighted by Gasteiger charge is 2.15. The summed E-state index contributed by atoms with van der Waals surface area (Å²) in [4.78, 5) is 15.2. The molecule has 0 saturated heterocycles. The van der Waals surface area contributed by atoms with Crippen LogP contribution in [0.25, 0.3) is 0 Å². The van der Waals surface area contributed by atoms with Gasteiger partial charge < -0.3 is 9.84 Å². The maximum absolute atomic E-state index is 11.2. The van der Waals surface area contributed by atoms with E-state index in [1.54, 1.807) is 12.1 Å². The molecule has 0 radical (unpaired) electrons. The zero-order chi connectivity index (χ0) is 14.7. The quantitative estimate of drug-likeness (QED) is 0.896. The number of benzene rings is 1. The van der Waals surface area contributed by atoms with E-state index in [1.165, 1.54) is 12.3 Å². The number of pyridine rings is 1. The van der Waals surface area contributed by atoms with Crippen molar-refractivity contribution in [2.24, 2.45) is 0 Å². The number of halogens is 1. The fourth-order valence-electron chi connectivity index (χ4n) is 1.80. The average molecular weight is 336 g/mol. The summed E-state index contributed by atoms with van der Waals surface area (Å²) in [6, 6.07) is 8.66. The van der Waals surface area contributed by atoms with E-state index in [0.29, 0.717) is 5.75 Å². The Morgan fingerprint density at radius 3 is 2.75 bits per heavy atom. The van der Waals surface area contributed by atoms with Crippen molar-refractivity contribution in [2.75, 3.05) is 0 Å². The van der Waals surface area contributed by atoms with Gasteiger partial charge in [-0.3, -0.25) is 0 Å². The van der Waals surface area contributed by atoms with Crippen LogP contribution in [-0.4, -0.2) is 16.1 Å². The monoisotopic (exact) mass is 335 g/mol. The van der Waals surface area contributed by atoms with Crippen molar-refractivity contribution in [3.8, 4) is 11.6 Å². The minimum atomic E-state index is -1.06. The lowest BCUT2D eigenvalue weighted by molar-refractivity contribution is 0.0693. The van der Waals surface area contributed by atoms with Crippen molar-refractivity contribution in [2.45, 2.75) is 19.8 Å². The van der Waals surface area contributed by atoms with Crippen LogP contribution in [0.5, 0.6) is 11.6 Å². The van der Waals surface area contributed by atoms with Crippen molar-refractivity contribution in [1.82, 2.24) is 4.98 Å². The maximum Gasteiger partial charge on any atom is 0.341 e. The lowest BCUT2D eigenvalue weighted by Gasteiger charge is -2.14. The van der Waals surface area contributed by atoms with Gasteiger partial charge in [0.25, 0.3) is 0 Å². The standard InChI is InChI=1S/C15H14BrNO3/c1-9(2)12-8-10(16)5-6-13(12)20-14-11(15(18)19)4-3-7-17-14/h3-9H,1-2H3,(H,18,19). The highest BCUT2D eigenvalue weighted by Crippen LogP contribution is 2.33. The van der Waals surface area contributed by atoms with Crippen LogP contribution in [0.1, 0.15) is 35.7 Å². The van der Waals surface area contributed by atoms with Crippen LogP contribution >= 0.6 is 15.9 Å². The van der Waals surface area contributed by atoms with Crippen molar-refractivity contribution >= 4 is 21.9 Å². The molecule has 0 atom stereocenters. The largest absolute Gasteiger partial charge is 0.477 e. The molecule has 20 heavy (non-hydrogen) atoms. The molecule has 0 spiro atoms. The molecule has 0 aliphatic carbocycles. The molecule has 2 aromatic rings. The first-order valence-corrected chi connectivity index (χ1v) is 6.94. The number of carbonyl (C=O) groups is 1. The van der Waals surface area contributed by atoms with Crippen LogP contribution in [0.15, 0.2) is 41.0 Å². The van der Waals surface area contributed by atoms with Crippen LogP contribution in [0.3, 0.4) is 0 Å². The summed E-state index contributed by atoms with van der Waals surface area (Å²) >= 11 is 3.42. The molecular weight excluding hydrogens is 322 g/mol. The molecule has 0 bridgehead atoms. The Balaban J connectivity index is 2.43. The van der Waals surface area contributed by atoms with E-state index < -0.39 is 5.97 Å². The first-order chi connectivity index (χ1) is 9.49. The predicted octanol–water partition coefficient (Wildman–Crippen LogP) is 4.46. The van der Waals surface area contributed by atoms with Gasteiger partial charge in [-0.05, 0) is 41.8 Å². The van der Waals surface area contributed by atoms with Crippen LogP contribution in [-0.2, 0) is 0 Å². The summed E-state index contributed by atoms with van der Waals surface area (Å²) in [5.74, 6) is -0.0931. The molecule has 5 heteroatoms. The zero-order valence-corrected chi connectivity index (χ0v) is 12.7. The van der Waals surface area contributed by atoms with Gasteiger partial charge in [0.2, 0.25) is 5.88 Å². The molecule has 1 N–H and O–H groups in total. The van der Waals surface area contributed by atoms with Crippen LogP contribution in [0, 0.1) is 0 Å². The average Bonchev–Trinajstić information content (AvgIpc) is 2.41. The third-order valence-electron chi connectivity index (χ3n) is 2.80. The van der Waals surface area contributed by atoms with Crippen molar-refractivity contribution < 1.29 is 14.6 Å². The molecule has 0 unspecified atom stereocenters. The van der Waals surface area contributed by atoms with E-state index in [2.05, 4.69) is 20.9 Å². The SMILES string of the molecule is CC(C)c1cc(Br)ccc1Oc1ncccc1C(=O)O. The minimum Gasteiger partial charge on any atom is -0.477 e. The summed E-state index contributed by atoms with van der Waals surface area (Å²) in [5.41, 5.74) is 1.03. The molecule has 1 aromatic heterocycles. The summed E-state index contributed by atoms with van der Waals surface area (Å²) in [6.07, 6.45) is 1.51. The van der Waals surface area contributed by atoms with Gasteiger partial charge in [0.05, 0.1) is 0 Å². The smallest absolute Gasteiger partial charge is 0.341 e. The molecular formula is C15H14BrNO3. The summed E-state index contributed by atoms with van der Waals surface area (Å²) < 4.78 is 6.66. The van der Waals surface area contributed by atoms with Gasteiger partial charge in [-0.25, -0.2) is 9.78 Å². The van der Waals surface area contributed by atoms with Crippen LogP contribution in [0.2, 0.25) is 0 Å². The molecule has 0 aliphatic heterocycles. The van der Waals surface area contributed by atoms with Gasteiger partial charge in [-0.15, -0.1) is 0 Å². The van der Waals surface area contributed by atoms with E-state index >= 15 is 0 Å². The summed E-state index contributed by atoms with van der Waals surface area (Å²) in [7, 11) is 0. The molecule has 104 valence electrons. The number of carboxylic acids is 1. The minimum absolute atomic E-state index is 0.0464. The molecule has 4 nitrogen and oxygen atoms in total. The summed E-state index contributed by atoms with van der Waals surface area (Å²) in [6.45, 7) is 4.09. The lowest BCUT2D eigenvalue weighted by atomic mass is 10.0. The third kappa shape index (κ3) is 3.17. The Labute approximate surface area is 125 Å². The van der Waals surface area contributed by atoms with Gasteiger partial charge in [0.15, 0.2) is 0 Å². The van der Waals surface area contributed by atoms with E-state index in [1.807, 2.05) is 26.0 Å². The first kappa shape index (κ1) is 14.5. The molecule has 1 heterocycles. The number of hydrogen-bond acceptors (Lipinski definition) is 3. The van der Waals surface area contributed by atoms with Crippen molar-refractivity contribution in [1.29, 1.82) is 0 Å². The Morgan fingerprint density at radius 2 is 2.10 bits per heavy atom. The first-order valence-electron chi connectivity index (χ1n) is 6.14. The second-order valence-electron chi connectivity index (χ2n) is 4.60. The Kier molecular flexibility index (Phi) is 4.39. The van der Waals surface area contributed by atoms with Gasteiger partial charge in [0, 0.05) is 10.7 Å². The highest BCUT2D eigenvalue weighted by molar-refractivity contribution is 9.10. The second kappa shape index (κ2) is 6.05. The van der Waals surface area contributed by atoms with Crippen molar-refractivity contribution in [3.05, 3.63) is 52.1 Å². The van der Waals surface area contributed by atoms with Gasteiger partial charge >= 0.3 is 5.97 Å². The van der Waals surface area contributed by atoms with E-state index in [4.69, 9.17) is 9.84 Å². The Morgan fingerprint density at radius 1 is 1.35 bits per heavy atom. The number of aromatic carboxylic acids is 1. The number of hydrogen-bond donors (Lipinski definition) is 1. The number of aromatic nitrogens is 1. The topological polar surface area (TPSA) is 59.4 Å². The molecule has 2 rings (SSSR count). The maximum atomic E-state index is 11.2. The second-order valence-corrected chi connectivity index (χ2v) is 5.52. The number of rotatable bonds is 4. The van der Waals surface area contributed by atoms with Crippen LogP contribution < -0.4 is 4.74 Å². The highest BCUT2D eigenvalue weighted by atomic mass is 79.9. The number of nitrogens with zero attached hydrogens (tertiary/aromatic N) is 1. The van der Waals surface area contributed by atoms with E-state index in [-0.39, 0.29) is 17.4 Å². The van der Waals surface area contributed by atoms with Gasteiger partial charge in [-0.2, -0.15) is 0 Å². The normalized spacial score (nSPS) is 10.6. The predicted molar refractivity (Wildman–Crippen MR) is 79.5 cm³/mol. The molecule has 0 saturated carbocycles. The lowest BCUT2D eigenvalue weighted by Crippen LogP contribution is -2.03. The molecule has 0 amide bonds. The number of ether oxygens (including phenoxy) is 1. The van der Waals surface area contributed by atoms with Gasteiger partial charge in [0.1, 0.15) is 11.3 Å². The van der Waals surface area contributed by atoms with Crippen molar-refractivity contribution in [3.63, 3.8) is 0 Å². The third-order valence-corrected chi connectivity index (χ3v) is 3.30. The van der Waals surface area contributed by atoms with E-state index in [9.17, 15) is 4.79 Å². The Hall–Kier alpha value is -1.88. The van der Waals surface area contributed by atoms with Gasteiger partial charge in [-0.1, -0.05) is 29.8 Å². The Bertz CT molecular complexity index is 641.